The van der Waals surface area contributed by atoms with Crippen molar-refractivity contribution in [1.29, 1.82) is 0 Å². The van der Waals surface area contributed by atoms with Gasteiger partial charge in [0.25, 0.3) is 5.69 Å². The van der Waals surface area contributed by atoms with Crippen LogP contribution in [0, 0.1) is 24.0 Å². The van der Waals surface area contributed by atoms with E-state index < -0.39 is 11.0 Å². The van der Waals surface area contributed by atoms with Crippen LogP contribution in [0.1, 0.15) is 34.2 Å². The Morgan fingerprint density at radius 1 is 1.48 bits per heavy atom. The van der Waals surface area contributed by atoms with Crippen molar-refractivity contribution in [2.45, 2.75) is 33.5 Å². The summed E-state index contributed by atoms with van der Waals surface area (Å²) in [5.41, 5.74) is 1.30. The van der Waals surface area contributed by atoms with Crippen molar-refractivity contribution >= 4 is 17.0 Å². The molecule has 112 valence electrons. The average Bonchev–Trinajstić information content (AvgIpc) is 2.75. The third kappa shape index (κ3) is 3.56. The van der Waals surface area contributed by atoms with Crippen LogP contribution in [0.25, 0.3) is 0 Å². The minimum absolute atomic E-state index is 0.0702. The Hall–Kier alpha value is -1.99. The van der Waals surface area contributed by atoms with E-state index in [0.717, 1.165) is 15.6 Å². The van der Waals surface area contributed by atoms with Gasteiger partial charge in [-0.25, -0.2) is 4.98 Å². The average molecular weight is 308 g/mol. The summed E-state index contributed by atoms with van der Waals surface area (Å²) >= 11 is 1.55. The predicted octanol–water partition coefficient (Wildman–Crippen LogP) is 3.30. The van der Waals surface area contributed by atoms with Crippen LogP contribution in [0.2, 0.25) is 0 Å². The maximum atomic E-state index is 10.8. The van der Waals surface area contributed by atoms with Gasteiger partial charge < -0.3 is 9.84 Å². The van der Waals surface area contributed by atoms with Gasteiger partial charge in [-0.15, -0.1) is 11.3 Å². The van der Waals surface area contributed by atoms with E-state index >= 15 is 0 Å². The van der Waals surface area contributed by atoms with Gasteiger partial charge >= 0.3 is 0 Å². The zero-order chi connectivity index (χ0) is 15.6. The summed E-state index contributed by atoms with van der Waals surface area (Å²) in [6.07, 6.45) is -0.848. The number of nitrogens with zero attached hydrogens (tertiary/aromatic N) is 2. The lowest BCUT2D eigenvalue weighted by Gasteiger charge is -2.12. The molecule has 0 aliphatic rings. The van der Waals surface area contributed by atoms with E-state index in [-0.39, 0.29) is 12.3 Å². The summed E-state index contributed by atoms with van der Waals surface area (Å²) in [6.45, 7) is 5.74. The molecule has 1 aromatic heterocycles. The van der Waals surface area contributed by atoms with Crippen molar-refractivity contribution < 1.29 is 14.8 Å². The molecule has 0 radical (unpaired) electrons. The van der Waals surface area contributed by atoms with Gasteiger partial charge in [0.05, 0.1) is 16.7 Å². The predicted molar refractivity (Wildman–Crippen MR) is 79.7 cm³/mol. The highest BCUT2D eigenvalue weighted by Gasteiger charge is 2.16. The van der Waals surface area contributed by atoms with E-state index in [2.05, 4.69) is 4.98 Å². The molecular weight excluding hydrogens is 292 g/mol. The molecule has 0 aliphatic carbocycles. The Bertz CT molecular complexity index is 647. The Balaban J connectivity index is 2.21. The van der Waals surface area contributed by atoms with Crippen LogP contribution in [-0.2, 0) is 6.61 Å². The molecule has 1 atom stereocenters. The van der Waals surface area contributed by atoms with Gasteiger partial charge in [-0.1, -0.05) is 0 Å². The number of non-ortho nitro benzene ring substituents is 1. The van der Waals surface area contributed by atoms with E-state index in [1.165, 1.54) is 18.2 Å². The molecule has 0 aliphatic heterocycles. The number of aryl methyl sites for hydroxylation is 2. The van der Waals surface area contributed by atoms with Gasteiger partial charge in [-0.3, -0.25) is 10.1 Å². The molecule has 1 aromatic carbocycles. The number of rotatable bonds is 5. The van der Waals surface area contributed by atoms with Crippen molar-refractivity contribution in [3.8, 4) is 5.75 Å². The van der Waals surface area contributed by atoms with E-state index in [4.69, 9.17) is 4.74 Å². The molecule has 1 heterocycles. The fourth-order valence-electron chi connectivity index (χ4n) is 1.85. The second-order valence-electron chi connectivity index (χ2n) is 4.69. The quantitative estimate of drug-likeness (QED) is 0.676. The van der Waals surface area contributed by atoms with Crippen LogP contribution < -0.4 is 4.74 Å². The van der Waals surface area contributed by atoms with Crippen LogP contribution in [-0.4, -0.2) is 15.0 Å². The molecule has 0 saturated carbocycles. The summed E-state index contributed by atoms with van der Waals surface area (Å²) in [7, 11) is 0. The molecular formula is C14H16N2O4S. The highest BCUT2D eigenvalue weighted by Crippen LogP contribution is 2.30. The summed E-state index contributed by atoms with van der Waals surface area (Å²) in [5, 5.41) is 21.4. The first-order valence-electron chi connectivity index (χ1n) is 6.40. The zero-order valence-corrected chi connectivity index (χ0v) is 12.8. The third-order valence-corrected chi connectivity index (χ3v) is 4.12. The molecule has 0 fully saturated rings. The summed E-state index contributed by atoms with van der Waals surface area (Å²) < 4.78 is 5.65. The molecule has 1 N–H and O–H groups in total. The highest BCUT2D eigenvalue weighted by atomic mass is 32.1. The number of aliphatic hydroxyl groups excluding tert-OH is 1. The minimum atomic E-state index is -0.848. The first-order chi connectivity index (χ1) is 9.88. The van der Waals surface area contributed by atoms with E-state index in [1.54, 1.807) is 18.3 Å². The second kappa shape index (κ2) is 6.19. The van der Waals surface area contributed by atoms with Gasteiger partial charge in [0.2, 0.25) is 0 Å². The van der Waals surface area contributed by atoms with Crippen LogP contribution in [0.15, 0.2) is 18.2 Å². The van der Waals surface area contributed by atoms with Gasteiger partial charge in [0, 0.05) is 22.6 Å². The number of aromatic nitrogens is 1. The third-order valence-electron chi connectivity index (χ3n) is 3.08. The van der Waals surface area contributed by atoms with Gasteiger partial charge in [-0.05, 0) is 26.8 Å². The second-order valence-corrected chi connectivity index (χ2v) is 5.98. The Morgan fingerprint density at radius 3 is 2.71 bits per heavy atom. The van der Waals surface area contributed by atoms with E-state index in [0.29, 0.717) is 11.3 Å². The standard InChI is InChI=1S/C14H16N2O4S/c1-8-10(3)21-14(15-8)7-20-13-5-4-11(16(18)19)6-12(13)9(2)17/h4-6,9,17H,7H2,1-3H3/t9-/m0/s1. The first kappa shape index (κ1) is 15.4. The Morgan fingerprint density at radius 2 is 2.19 bits per heavy atom. The molecule has 0 spiro atoms. The number of nitro benzene ring substituents is 1. The van der Waals surface area contributed by atoms with Crippen LogP contribution in [0.3, 0.4) is 0 Å². The molecule has 0 amide bonds. The Kier molecular flexibility index (Phi) is 4.54. The maximum Gasteiger partial charge on any atom is 0.270 e. The smallest absolute Gasteiger partial charge is 0.270 e. The number of benzene rings is 1. The summed E-state index contributed by atoms with van der Waals surface area (Å²) in [6, 6.07) is 4.20. The topological polar surface area (TPSA) is 85.5 Å². The van der Waals surface area contributed by atoms with Crippen LogP contribution in [0.4, 0.5) is 5.69 Å². The molecule has 6 nitrogen and oxygen atoms in total. The van der Waals surface area contributed by atoms with Crippen molar-refractivity contribution in [3.05, 3.63) is 49.5 Å². The SMILES string of the molecule is Cc1nc(COc2ccc([N+](=O)[O-])cc2[C@H](C)O)sc1C. The highest BCUT2D eigenvalue weighted by molar-refractivity contribution is 7.11. The molecule has 2 aromatic rings. The first-order valence-corrected chi connectivity index (χ1v) is 7.22. The lowest BCUT2D eigenvalue weighted by atomic mass is 10.1. The van der Waals surface area contributed by atoms with Crippen molar-refractivity contribution in [2.24, 2.45) is 0 Å². The van der Waals surface area contributed by atoms with E-state index in [9.17, 15) is 15.2 Å². The molecule has 2 rings (SSSR count). The number of aliphatic hydroxyl groups is 1. The minimum Gasteiger partial charge on any atom is -0.486 e. The molecule has 0 bridgehead atoms. The maximum absolute atomic E-state index is 10.8. The van der Waals surface area contributed by atoms with E-state index in [1.807, 2.05) is 13.8 Å². The Labute approximate surface area is 126 Å². The van der Waals surface area contributed by atoms with Crippen molar-refractivity contribution in [1.82, 2.24) is 4.98 Å². The fraction of sp³-hybridized carbons (Fsp3) is 0.357. The molecule has 7 heteroatoms. The van der Waals surface area contributed by atoms with Crippen molar-refractivity contribution in [2.75, 3.05) is 0 Å². The number of nitro groups is 1. The normalized spacial score (nSPS) is 12.2. The summed E-state index contributed by atoms with van der Waals surface area (Å²) in [5.74, 6) is 0.432. The zero-order valence-electron chi connectivity index (χ0n) is 12.0. The number of hydrogen-bond donors (Lipinski definition) is 1. The molecule has 0 unspecified atom stereocenters. The van der Waals surface area contributed by atoms with Gasteiger partial charge in [0.15, 0.2) is 0 Å². The van der Waals surface area contributed by atoms with Gasteiger partial charge in [0.1, 0.15) is 17.4 Å². The van der Waals surface area contributed by atoms with Crippen molar-refractivity contribution in [3.63, 3.8) is 0 Å². The summed E-state index contributed by atoms with van der Waals surface area (Å²) in [4.78, 5) is 15.8. The fourth-order valence-corrected chi connectivity index (χ4v) is 2.69. The largest absolute Gasteiger partial charge is 0.486 e. The molecule has 0 saturated heterocycles. The van der Waals surface area contributed by atoms with Gasteiger partial charge in [-0.2, -0.15) is 0 Å². The van der Waals surface area contributed by atoms with Crippen LogP contribution >= 0.6 is 11.3 Å². The number of thiazole rings is 1. The monoisotopic (exact) mass is 308 g/mol. The lowest BCUT2D eigenvalue weighted by molar-refractivity contribution is -0.385. The number of ether oxygens (including phenoxy) is 1. The lowest BCUT2D eigenvalue weighted by Crippen LogP contribution is -2.02. The molecule has 21 heavy (non-hydrogen) atoms. The van der Waals surface area contributed by atoms with Crippen LogP contribution in [0.5, 0.6) is 5.75 Å². The number of hydrogen-bond acceptors (Lipinski definition) is 6.